The number of nitrogens with one attached hydrogen (secondary N) is 1. The fourth-order valence-electron chi connectivity index (χ4n) is 3.21. The molecule has 0 unspecified atom stereocenters. The van der Waals surface area contributed by atoms with Crippen LogP contribution in [-0.4, -0.2) is 53.6 Å². The van der Waals surface area contributed by atoms with E-state index in [2.05, 4.69) is 5.32 Å². The van der Waals surface area contributed by atoms with E-state index in [0.717, 1.165) is 5.56 Å². The van der Waals surface area contributed by atoms with Crippen molar-refractivity contribution in [1.29, 1.82) is 0 Å². The van der Waals surface area contributed by atoms with Gasteiger partial charge in [0.1, 0.15) is 13.2 Å². The molecule has 0 saturated carbocycles. The van der Waals surface area contributed by atoms with Crippen molar-refractivity contribution in [3.8, 4) is 0 Å². The molecule has 1 fully saturated rings. The maximum atomic E-state index is 13.2. The highest BCUT2D eigenvalue weighted by Gasteiger charge is 2.38. The minimum absolute atomic E-state index is 0.219. The van der Waals surface area contributed by atoms with Crippen molar-refractivity contribution in [2.45, 2.75) is 18.6 Å². The van der Waals surface area contributed by atoms with Crippen LogP contribution in [0.3, 0.4) is 0 Å². The van der Waals surface area contributed by atoms with Crippen molar-refractivity contribution >= 4 is 29.4 Å². The van der Waals surface area contributed by atoms with Crippen molar-refractivity contribution in [2.24, 2.45) is 0 Å². The Morgan fingerprint density at radius 3 is 2.48 bits per heavy atom. The molecule has 1 heterocycles. The lowest BCUT2D eigenvalue weighted by molar-refractivity contribution is -0.158. The van der Waals surface area contributed by atoms with Gasteiger partial charge in [-0.2, -0.15) is 0 Å². The predicted molar refractivity (Wildman–Crippen MR) is 106 cm³/mol. The molecule has 0 aliphatic carbocycles. The zero-order valence-corrected chi connectivity index (χ0v) is 16.3. The highest BCUT2D eigenvalue weighted by Crippen LogP contribution is 2.25. The monoisotopic (exact) mass is 416 g/mol. The molecule has 0 radical (unpaired) electrons. The molecule has 2 aromatic carbocycles. The topological polar surface area (TPSA) is 95.9 Å². The van der Waals surface area contributed by atoms with Gasteiger partial charge in [0.05, 0.1) is 6.04 Å². The number of carbonyl (C=O) groups excluding carboxylic acids is 2. The number of morpholine rings is 1. The van der Waals surface area contributed by atoms with Crippen LogP contribution < -0.4 is 5.32 Å². The number of ether oxygens (including phenoxy) is 1. The lowest BCUT2D eigenvalue weighted by Gasteiger charge is -2.35. The van der Waals surface area contributed by atoms with Crippen LogP contribution in [0.25, 0.3) is 0 Å². The van der Waals surface area contributed by atoms with Crippen LogP contribution in [0.5, 0.6) is 0 Å². The molecule has 8 heteroatoms. The minimum Gasteiger partial charge on any atom is -0.480 e. The second-order valence-corrected chi connectivity index (χ2v) is 7.15. The molecule has 2 atom stereocenters. The van der Waals surface area contributed by atoms with Gasteiger partial charge >= 0.3 is 5.97 Å². The van der Waals surface area contributed by atoms with E-state index in [0.29, 0.717) is 17.0 Å². The quantitative estimate of drug-likeness (QED) is 0.720. The Morgan fingerprint density at radius 1 is 1.14 bits per heavy atom. The number of rotatable bonds is 7. The van der Waals surface area contributed by atoms with E-state index >= 15 is 0 Å². The Balaban J connectivity index is 1.80. The minimum atomic E-state index is -1.12. The molecule has 0 aromatic heterocycles. The molecule has 1 aliphatic heterocycles. The Kier molecular flexibility index (Phi) is 6.85. The summed E-state index contributed by atoms with van der Waals surface area (Å²) in [7, 11) is 0. The van der Waals surface area contributed by atoms with Gasteiger partial charge in [-0.15, -0.1) is 0 Å². The van der Waals surface area contributed by atoms with Crippen LogP contribution in [0.2, 0.25) is 5.02 Å². The first-order chi connectivity index (χ1) is 13.9. The highest BCUT2D eigenvalue weighted by atomic mass is 35.5. The lowest BCUT2D eigenvalue weighted by atomic mass is 9.98. The van der Waals surface area contributed by atoms with Gasteiger partial charge in [-0.1, -0.05) is 54.1 Å². The van der Waals surface area contributed by atoms with Crippen LogP contribution >= 0.6 is 11.6 Å². The first kappa shape index (κ1) is 20.8. The van der Waals surface area contributed by atoms with Gasteiger partial charge in [-0.3, -0.25) is 14.4 Å². The summed E-state index contributed by atoms with van der Waals surface area (Å²) in [5.74, 6) is -1.94. The predicted octanol–water partition coefficient (Wildman–Crippen LogP) is 2.05. The maximum absolute atomic E-state index is 13.2. The highest BCUT2D eigenvalue weighted by molar-refractivity contribution is 6.30. The van der Waals surface area contributed by atoms with E-state index in [-0.39, 0.29) is 19.1 Å². The molecule has 0 bridgehead atoms. The Morgan fingerprint density at radius 2 is 1.83 bits per heavy atom. The maximum Gasteiger partial charge on any atom is 0.323 e. The van der Waals surface area contributed by atoms with Crippen molar-refractivity contribution in [3.63, 3.8) is 0 Å². The molecule has 2 aromatic rings. The molecule has 3 rings (SSSR count). The van der Waals surface area contributed by atoms with Gasteiger partial charge < -0.3 is 20.1 Å². The van der Waals surface area contributed by atoms with Crippen LogP contribution in [0.15, 0.2) is 54.6 Å². The molecule has 2 N–H and O–H groups in total. The number of carboxylic acids is 1. The Hall–Kier alpha value is -2.90. The average molecular weight is 417 g/mol. The summed E-state index contributed by atoms with van der Waals surface area (Å²) in [6.07, 6.45) is -0.520. The van der Waals surface area contributed by atoms with Crippen LogP contribution in [-0.2, 0) is 25.5 Å². The van der Waals surface area contributed by atoms with Crippen molar-refractivity contribution in [1.82, 2.24) is 10.2 Å². The summed E-state index contributed by atoms with van der Waals surface area (Å²) in [5.41, 5.74) is 1.64. The van der Waals surface area contributed by atoms with Gasteiger partial charge in [0, 0.05) is 11.6 Å². The van der Waals surface area contributed by atoms with Crippen molar-refractivity contribution in [3.05, 3.63) is 70.7 Å². The van der Waals surface area contributed by atoms with Gasteiger partial charge in [0.25, 0.3) is 5.91 Å². The largest absolute Gasteiger partial charge is 0.480 e. The van der Waals surface area contributed by atoms with Crippen LogP contribution in [0.1, 0.15) is 17.2 Å². The Bertz CT molecular complexity index is 872. The molecule has 2 amide bonds. The number of carbonyl (C=O) groups is 3. The zero-order valence-electron chi connectivity index (χ0n) is 15.6. The normalized spacial score (nSPS) is 18.7. The number of halogens is 1. The first-order valence-corrected chi connectivity index (χ1v) is 9.53. The lowest BCUT2D eigenvalue weighted by Crippen LogP contribution is -2.54. The summed E-state index contributed by atoms with van der Waals surface area (Å²) >= 11 is 5.93. The van der Waals surface area contributed by atoms with E-state index in [1.807, 2.05) is 30.3 Å². The summed E-state index contributed by atoms with van der Waals surface area (Å²) in [4.78, 5) is 37.6. The van der Waals surface area contributed by atoms with Gasteiger partial charge in [0.2, 0.25) is 5.91 Å². The second kappa shape index (κ2) is 9.54. The number of carboxylic acid groups (broad SMARTS) is 1. The standard InChI is InChI=1S/C21H21ClN2O5/c22-16-8-6-15(7-9-16)19-20(29-13-17(25)23-19)21(28)24(12-18(26)27)11-10-14-4-2-1-3-5-14/h1-9,19-20H,10-13H2,(H,23,25)(H,26,27)/t19-,20-/m1/s1. The summed E-state index contributed by atoms with van der Waals surface area (Å²) < 4.78 is 5.53. The number of benzene rings is 2. The zero-order chi connectivity index (χ0) is 20.8. The molecular formula is C21H21ClN2O5. The number of amides is 2. The van der Waals surface area contributed by atoms with E-state index in [1.165, 1.54) is 4.90 Å². The van der Waals surface area contributed by atoms with E-state index in [9.17, 15) is 19.5 Å². The summed E-state index contributed by atoms with van der Waals surface area (Å²) in [5, 5.41) is 12.6. The SMILES string of the molecule is O=C(O)CN(CCc1ccccc1)C(=O)[C@@H]1OCC(=O)N[C@@H]1c1ccc(Cl)cc1. The molecule has 0 spiro atoms. The molecule has 152 valence electrons. The number of aliphatic carboxylic acids is 1. The van der Waals surface area contributed by atoms with E-state index in [1.54, 1.807) is 24.3 Å². The summed E-state index contributed by atoms with van der Waals surface area (Å²) in [6, 6.07) is 15.5. The van der Waals surface area contributed by atoms with Gasteiger partial charge in [-0.25, -0.2) is 0 Å². The Labute approximate surface area is 173 Å². The average Bonchev–Trinajstić information content (AvgIpc) is 2.71. The number of nitrogens with zero attached hydrogens (tertiary/aromatic N) is 1. The first-order valence-electron chi connectivity index (χ1n) is 9.15. The molecular weight excluding hydrogens is 396 g/mol. The third-order valence-corrected chi connectivity index (χ3v) is 4.89. The fraction of sp³-hybridized carbons (Fsp3) is 0.286. The van der Waals surface area contributed by atoms with Crippen molar-refractivity contribution < 1.29 is 24.2 Å². The third-order valence-electron chi connectivity index (χ3n) is 4.64. The van der Waals surface area contributed by atoms with Crippen LogP contribution in [0.4, 0.5) is 0 Å². The van der Waals surface area contributed by atoms with E-state index in [4.69, 9.17) is 16.3 Å². The second-order valence-electron chi connectivity index (χ2n) is 6.72. The summed E-state index contributed by atoms with van der Waals surface area (Å²) in [6.45, 7) is -0.497. The van der Waals surface area contributed by atoms with E-state index < -0.39 is 30.6 Å². The molecule has 29 heavy (non-hydrogen) atoms. The number of hydrogen-bond acceptors (Lipinski definition) is 4. The molecule has 1 aliphatic rings. The molecule has 7 nitrogen and oxygen atoms in total. The fourth-order valence-corrected chi connectivity index (χ4v) is 3.34. The van der Waals surface area contributed by atoms with Gasteiger partial charge in [0.15, 0.2) is 6.10 Å². The van der Waals surface area contributed by atoms with Gasteiger partial charge in [-0.05, 0) is 29.7 Å². The van der Waals surface area contributed by atoms with Crippen LogP contribution in [0, 0.1) is 0 Å². The smallest absolute Gasteiger partial charge is 0.323 e. The third kappa shape index (κ3) is 5.56. The number of hydrogen-bond donors (Lipinski definition) is 2. The van der Waals surface area contributed by atoms with Crippen molar-refractivity contribution in [2.75, 3.05) is 19.7 Å². The molecule has 1 saturated heterocycles.